The topological polar surface area (TPSA) is 157 Å². The summed E-state index contributed by atoms with van der Waals surface area (Å²) in [6.07, 6.45) is 1.79. The van der Waals surface area contributed by atoms with E-state index in [0.29, 0.717) is 15.1 Å². The Balaban J connectivity index is 1.61. The zero-order chi connectivity index (χ0) is 34.7. The van der Waals surface area contributed by atoms with Crippen LogP contribution >= 0.6 is 11.3 Å². The normalized spacial score (nSPS) is 13.0. The molecule has 5 aromatic rings. The molecule has 0 saturated carbocycles. The van der Waals surface area contributed by atoms with Gasteiger partial charge in [0.25, 0.3) is 5.56 Å². The van der Waals surface area contributed by atoms with E-state index in [0.717, 1.165) is 16.9 Å². The van der Waals surface area contributed by atoms with Crippen molar-refractivity contribution in [3.05, 3.63) is 104 Å². The molecule has 3 aromatic heterocycles. The number of carbonyl (C=O) groups is 2. The van der Waals surface area contributed by atoms with E-state index >= 15 is 0 Å². The highest BCUT2D eigenvalue weighted by Gasteiger charge is 2.36. The Labute approximate surface area is 277 Å². The van der Waals surface area contributed by atoms with Crippen LogP contribution in [0.4, 0.5) is 4.39 Å². The highest BCUT2D eigenvalue weighted by Crippen LogP contribution is 2.34. The molecule has 0 spiro atoms. The molecule has 0 saturated heterocycles. The fraction of sp³-hybridized carbons (Fsp3) is 0.333. The Hall–Kier alpha value is -5.15. The molecule has 3 heterocycles. The quantitative estimate of drug-likeness (QED) is 0.179. The van der Waals surface area contributed by atoms with E-state index in [-0.39, 0.29) is 41.3 Å². The van der Waals surface area contributed by atoms with Crippen molar-refractivity contribution in [2.75, 3.05) is 13.7 Å². The molecule has 1 N–H and O–H groups in total. The fourth-order valence-electron chi connectivity index (χ4n) is 5.16. The predicted molar refractivity (Wildman–Crippen MR) is 174 cm³/mol. The molecular formula is C33H34FN5O8S. The maximum atomic E-state index is 14.7. The zero-order valence-electron chi connectivity index (χ0n) is 26.9. The van der Waals surface area contributed by atoms with E-state index in [9.17, 15) is 28.7 Å². The second kappa shape index (κ2) is 13.9. The number of hydrogen-bond acceptors (Lipinski definition) is 10. The van der Waals surface area contributed by atoms with E-state index in [2.05, 4.69) is 10.2 Å². The number of rotatable bonds is 13. The zero-order valence-corrected chi connectivity index (χ0v) is 27.7. The molecule has 0 aliphatic rings. The van der Waals surface area contributed by atoms with Crippen molar-refractivity contribution < 1.29 is 33.3 Å². The number of benzene rings is 2. The van der Waals surface area contributed by atoms with Gasteiger partial charge in [-0.15, -0.1) is 4.80 Å². The molecule has 2 atom stereocenters. The highest BCUT2D eigenvalue weighted by molar-refractivity contribution is 7.21. The van der Waals surface area contributed by atoms with Gasteiger partial charge in [0.2, 0.25) is 0 Å². The first-order valence-electron chi connectivity index (χ1n) is 14.9. The SMILES string of the molecule is COc1ccc(F)cc1[C@H](Cn1c(=O)n(C(C)(C)C(=O)O)c(=O)c2c(C)c(-n3nccn3)sc21)OCC(C)C(=O)OCc1ccccc1. The molecule has 48 heavy (non-hydrogen) atoms. The third-order valence-corrected chi connectivity index (χ3v) is 9.21. The minimum atomic E-state index is -1.95. The molecule has 0 bridgehead atoms. The number of thiophene rings is 1. The summed E-state index contributed by atoms with van der Waals surface area (Å²) in [5.41, 5.74) is -2.23. The Morgan fingerprint density at radius 3 is 2.42 bits per heavy atom. The Morgan fingerprint density at radius 1 is 1.08 bits per heavy atom. The number of carbonyl (C=O) groups excluding carboxylic acids is 1. The summed E-state index contributed by atoms with van der Waals surface area (Å²) < 4.78 is 33.8. The first-order valence-corrected chi connectivity index (χ1v) is 15.7. The molecule has 5 rings (SSSR count). The summed E-state index contributed by atoms with van der Waals surface area (Å²) in [4.78, 5) is 54.8. The van der Waals surface area contributed by atoms with Crippen molar-refractivity contribution in [3.63, 3.8) is 0 Å². The van der Waals surface area contributed by atoms with Gasteiger partial charge in [-0.1, -0.05) is 41.7 Å². The fourth-order valence-corrected chi connectivity index (χ4v) is 6.38. The lowest BCUT2D eigenvalue weighted by Gasteiger charge is -2.26. The molecule has 252 valence electrons. The monoisotopic (exact) mass is 679 g/mol. The molecule has 0 aliphatic carbocycles. The van der Waals surface area contributed by atoms with Crippen LogP contribution in [0.2, 0.25) is 0 Å². The highest BCUT2D eigenvalue weighted by atomic mass is 32.1. The number of nitrogens with zero attached hydrogens (tertiary/aromatic N) is 5. The number of methoxy groups -OCH3 is 1. The van der Waals surface area contributed by atoms with Gasteiger partial charge in [0.15, 0.2) is 0 Å². The van der Waals surface area contributed by atoms with Crippen LogP contribution in [0.1, 0.15) is 43.6 Å². The first kappa shape index (κ1) is 34.2. The summed E-state index contributed by atoms with van der Waals surface area (Å²) in [7, 11) is 1.39. The number of ether oxygens (including phenoxy) is 3. The molecule has 13 nitrogen and oxygen atoms in total. The van der Waals surface area contributed by atoms with E-state index < -0.39 is 46.6 Å². The van der Waals surface area contributed by atoms with Crippen molar-refractivity contribution in [2.45, 2.75) is 52.5 Å². The number of aromatic nitrogens is 5. The summed E-state index contributed by atoms with van der Waals surface area (Å²) >= 11 is 1.05. The van der Waals surface area contributed by atoms with Gasteiger partial charge >= 0.3 is 17.6 Å². The Bertz CT molecular complexity index is 2070. The summed E-state index contributed by atoms with van der Waals surface area (Å²) in [6.45, 7) is 5.31. The van der Waals surface area contributed by atoms with Crippen molar-refractivity contribution >= 4 is 33.5 Å². The van der Waals surface area contributed by atoms with Crippen LogP contribution in [0.15, 0.2) is 70.5 Å². The van der Waals surface area contributed by atoms with Crippen LogP contribution in [0.5, 0.6) is 5.75 Å². The minimum Gasteiger partial charge on any atom is -0.496 e. The van der Waals surface area contributed by atoms with Gasteiger partial charge < -0.3 is 19.3 Å². The van der Waals surface area contributed by atoms with Crippen molar-refractivity contribution in [2.24, 2.45) is 5.92 Å². The van der Waals surface area contributed by atoms with E-state index in [1.807, 2.05) is 30.3 Å². The van der Waals surface area contributed by atoms with Crippen molar-refractivity contribution in [3.8, 4) is 10.8 Å². The number of halogens is 1. The maximum Gasteiger partial charge on any atom is 0.333 e. The smallest absolute Gasteiger partial charge is 0.333 e. The van der Waals surface area contributed by atoms with E-state index in [1.54, 1.807) is 13.8 Å². The van der Waals surface area contributed by atoms with Crippen LogP contribution in [-0.2, 0) is 37.8 Å². The van der Waals surface area contributed by atoms with Gasteiger partial charge in [-0.3, -0.25) is 14.2 Å². The Kier molecular flexibility index (Phi) is 9.91. The van der Waals surface area contributed by atoms with Gasteiger partial charge in [0, 0.05) is 11.1 Å². The third kappa shape index (κ3) is 6.64. The van der Waals surface area contributed by atoms with Crippen LogP contribution in [0, 0.1) is 18.7 Å². The van der Waals surface area contributed by atoms with Crippen molar-refractivity contribution in [1.29, 1.82) is 0 Å². The van der Waals surface area contributed by atoms with Gasteiger partial charge in [-0.05, 0) is 51.5 Å². The number of aliphatic carboxylic acids is 1. The van der Waals surface area contributed by atoms with Crippen LogP contribution in [0.3, 0.4) is 0 Å². The molecule has 1 unspecified atom stereocenters. The molecule has 0 radical (unpaired) electrons. The predicted octanol–water partition coefficient (Wildman–Crippen LogP) is 4.22. The van der Waals surface area contributed by atoms with E-state index in [1.165, 1.54) is 60.9 Å². The number of esters is 1. The van der Waals surface area contributed by atoms with Crippen LogP contribution in [0.25, 0.3) is 15.2 Å². The lowest BCUT2D eigenvalue weighted by Crippen LogP contribution is -2.52. The molecule has 15 heteroatoms. The molecule has 0 amide bonds. The Morgan fingerprint density at radius 2 is 1.77 bits per heavy atom. The van der Waals surface area contributed by atoms with E-state index in [4.69, 9.17) is 14.2 Å². The lowest BCUT2D eigenvalue weighted by molar-refractivity contribution is -0.152. The van der Waals surface area contributed by atoms with Crippen LogP contribution < -0.4 is 16.0 Å². The lowest BCUT2D eigenvalue weighted by atomic mass is 10.1. The third-order valence-electron chi connectivity index (χ3n) is 7.93. The second-order valence-corrected chi connectivity index (χ2v) is 12.6. The summed E-state index contributed by atoms with van der Waals surface area (Å²) in [6, 6.07) is 13.0. The molecule has 2 aromatic carbocycles. The summed E-state index contributed by atoms with van der Waals surface area (Å²) in [5.74, 6) is -3.08. The molecule has 0 aliphatic heterocycles. The molecular weight excluding hydrogens is 645 g/mol. The average Bonchev–Trinajstić information content (AvgIpc) is 3.71. The van der Waals surface area contributed by atoms with Gasteiger partial charge in [0.05, 0.1) is 44.0 Å². The average molecular weight is 680 g/mol. The number of carboxylic acids is 1. The van der Waals surface area contributed by atoms with Crippen LogP contribution in [-0.4, -0.2) is 54.9 Å². The maximum absolute atomic E-state index is 14.7. The number of fused-ring (bicyclic) bond motifs is 1. The number of carboxylic acid groups (broad SMARTS) is 1. The number of hydrogen-bond donors (Lipinski definition) is 1. The standard InChI is InChI=1S/C33H34FN5O8S/c1-19(30(41)47-18-21-9-7-6-8-10-21)17-46-25(23-15-22(34)11-12-24(23)45-5)16-37-29-26(20(2)28(48-29)39-35-13-14-36-39)27(40)38(32(37)44)33(3,4)31(42)43/h6-15,19,25H,16-18H2,1-5H3,(H,42,43)/t19?,25-/m0/s1. The number of aryl methyl sites for hydroxylation is 1. The van der Waals surface area contributed by atoms with Crippen molar-refractivity contribution in [1.82, 2.24) is 24.1 Å². The summed E-state index contributed by atoms with van der Waals surface area (Å²) in [5, 5.41) is 18.9. The van der Waals surface area contributed by atoms with Gasteiger partial charge in [-0.25, -0.2) is 18.5 Å². The second-order valence-electron chi connectivity index (χ2n) is 11.6. The van der Waals surface area contributed by atoms with Gasteiger partial charge in [-0.2, -0.15) is 10.2 Å². The largest absolute Gasteiger partial charge is 0.496 e. The molecule has 0 fully saturated rings. The minimum absolute atomic E-state index is 0.0601. The van der Waals surface area contributed by atoms with Gasteiger partial charge in [0.1, 0.15) is 39.6 Å². The first-order chi connectivity index (χ1) is 22.8.